The van der Waals surface area contributed by atoms with E-state index >= 15 is 0 Å². The Balaban J connectivity index is 1.95. The zero-order chi connectivity index (χ0) is 24.6. The number of nitrogens with two attached hydrogens (primary N) is 1. The summed E-state index contributed by atoms with van der Waals surface area (Å²) in [6.07, 6.45) is 6.49. The monoisotopic (exact) mass is 478 g/mol. The highest BCUT2D eigenvalue weighted by atomic mass is 32.2. The van der Waals surface area contributed by atoms with E-state index in [0.717, 1.165) is 11.1 Å². The lowest BCUT2D eigenvalue weighted by Gasteiger charge is -2.19. The van der Waals surface area contributed by atoms with Gasteiger partial charge in [0.15, 0.2) is 5.78 Å². The summed E-state index contributed by atoms with van der Waals surface area (Å²) in [6.45, 7) is 3.11. The molecule has 174 valence electrons. The molecule has 0 fully saturated rings. The van der Waals surface area contributed by atoms with Crippen LogP contribution >= 0.6 is 0 Å². The second-order valence-corrected chi connectivity index (χ2v) is 9.47. The van der Waals surface area contributed by atoms with Gasteiger partial charge in [-0.05, 0) is 42.7 Å². The SMILES string of the molecule is CCC(c1ccc(C(N)=O)c(C)c1C(=O)c1c[nH]c2ncc(-c3cccnc3)cc12)S(=O)(=O)O. The molecule has 4 rings (SSSR count). The van der Waals surface area contributed by atoms with Gasteiger partial charge in [0.05, 0.1) is 0 Å². The van der Waals surface area contributed by atoms with Crippen LogP contribution in [0.4, 0.5) is 0 Å². The Labute approximate surface area is 195 Å². The van der Waals surface area contributed by atoms with Crippen molar-refractivity contribution in [3.8, 4) is 11.1 Å². The van der Waals surface area contributed by atoms with Gasteiger partial charge in [-0.3, -0.25) is 19.1 Å². The lowest BCUT2D eigenvalue weighted by molar-refractivity contribution is 0.0999. The van der Waals surface area contributed by atoms with Crippen molar-refractivity contribution in [2.24, 2.45) is 5.73 Å². The zero-order valence-corrected chi connectivity index (χ0v) is 19.3. The summed E-state index contributed by atoms with van der Waals surface area (Å²) in [5.41, 5.74) is 8.16. The molecule has 0 saturated heterocycles. The molecule has 1 atom stereocenters. The van der Waals surface area contributed by atoms with Gasteiger partial charge in [0.2, 0.25) is 5.91 Å². The Morgan fingerprint density at radius 1 is 1.15 bits per heavy atom. The van der Waals surface area contributed by atoms with Gasteiger partial charge in [0, 0.05) is 58.0 Å². The number of H-pyrrole nitrogens is 1. The van der Waals surface area contributed by atoms with Gasteiger partial charge < -0.3 is 10.7 Å². The highest BCUT2D eigenvalue weighted by molar-refractivity contribution is 7.86. The molecule has 4 aromatic rings. The molecule has 0 aliphatic heterocycles. The summed E-state index contributed by atoms with van der Waals surface area (Å²) in [4.78, 5) is 37.3. The van der Waals surface area contributed by atoms with E-state index in [0.29, 0.717) is 11.0 Å². The lowest BCUT2D eigenvalue weighted by Crippen LogP contribution is -2.20. The third-order valence-electron chi connectivity index (χ3n) is 5.84. The second kappa shape index (κ2) is 8.81. The van der Waals surface area contributed by atoms with Crippen molar-refractivity contribution in [3.05, 3.63) is 82.9 Å². The first-order valence-corrected chi connectivity index (χ1v) is 12.0. The number of ketones is 1. The quantitative estimate of drug-likeness (QED) is 0.270. The number of primary amides is 1. The molecule has 0 saturated carbocycles. The Bertz CT molecular complexity index is 1530. The van der Waals surface area contributed by atoms with Gasteiger partial charge in [0.25, 0.3) is 10.1 Å². The molecule has 3 heterocycles. The molecular formula is C24H22N4O5S. The molecule has 0 aliphatic rings. The summed E-state index contributed by atoms with van der Waals surface area (Å²) >= 11 is 0. The van der Waals surface area contributed by atoms with Crippen LogP contribution in [-0.2, 0) is 10.1 Å². The van der Waals surface area contributed by atoms with Gasteiger partial charge >= 0.3 is 0 Å². The van der Waals surface area contributed by atoms with E-state index in [-0.39, 0.29) is 34.2 Å². The van der Waals surface area contributed by atoms with E-state index in [1.165, 1.54) is 25.3 Å². The first-order valence-electron chi connectivity index (χ1n) is 10.4. The van der Waals surface area contributed by atoms with Crippen molar-refractivity contribution in [2.75, 3.05) is 0 Å². The van der Waals surface area contributed by atoms with Crippen molar-refractivity contribution in [2.45, 2.75) is 25.5 Å². The number of benzene rings is 1. The number of amides is 1. The molecule has 4 N–H and O–H groups in total. The van der Waals surface area contributed by atoms with Crippen molar-refractivity contribution in [1.29, 1.82) is 0 Å². The Hall–Kier alpha value is -3.89. The van der Waals surface area contributed by atoms with Crippen LogP contribution in [0.25, 0.3) is 22.2 Å². The Morgan fingerprint density at radius 2 is 1.91 bits per heavy atom. The van der Waals surface area contributed by atoms with Crippen molar-refractivity contribution in [3.63, 3.8) is 0 Å². The summed E-state index contributed by atoms with van der Waals surface area (Å²) in [5.74, 6) is -1.27. The van der Waals surface area contributed by atoms with Crippen LogP contribution in [0.2, 0.25) is 0 Å². The number of nitrogens with one attached hydrogen (secondary N) is 1. The number of aromatic nitrogens is 3. The normalized spacial score (nSPS) is 12.6. The Morgan fingerprint density at radius 3 is 2.53 bits per heavy atom. The average molecular weight is 479 g/mol. The molecule has 1 aromatic carbocycles. The molecule has 1 amide bonds. The van der Waals surface area contributed by atoms with Gasteiger partial charge in [-0.1, -0.05) is 19.1 Å². The van der Waals surface area contributed by atoms with Crippen molar-refractivity contribution in [1.82, 2.24) is 15.0 Å². The predicted molar refractivity (Wildman–Crippen MR) is 127 cm³/mol. The number of hydrogen-bond donors (Lipinski definition) is 3. The van der Waals surface area contributed by atoms with Crippen LogP contribution in [0.5, 0.6) is 0 Å². The molecule has 0 aliphatic carbocycles. The molecule has 10 heteroatoms. The van der Waals surface area contributed by atoms with Crippen molar-refractivity contribution < 1.29 is 22.6 Å². The van der Waals surface area contributed by atoms with E-state index in [1.807, 2.05) is 6.07 Å². The van der Waals surface area contributed by atoms with E-state index in [1.54, 1.807) is 37.6 Å². The largest absolute Gasteiger partial charge is 0.366 e. The summed E-state index contributed by atoms with van der Waals surface area (Å²) < 4.78 is 34.0. The minimum atomic E-state index is -4.52. The first kappa shape index (κ1) is 23.3. The number of aromatic amines is 1. The van der Waals surface area contributed by atoms with Crippen LogP contribution in [-0.4, -0.2) is 39.6 Å². The van der Waals surface area contributed by atoms with Crippen LogP contribution in [0, 0.1) is 6.92 Å². The standard InChI is InChI=1S/C24H22N4O5S/c1-3-20(34(31,32)33)17-7-6-16(23(25)30)13(2)21(17)22(29)19-12-28-24-18(19)9-15(11-27-24)14-5-4-8-26-10-14/h4-12,20H,3H2,1-2H3,(H2,25,30)(H,27,28)(H,31,32,33). The fourth-order valence-corrected chi connectivity index (χ4v) is 5.12. The fraction of sp³-hybridized carbons (Fsp3) is 0.167. The topological polar surface area (TPSA) is 156 Å². The maximum atomic E-state index is 13.8. The molecule has 1 unspecified atom stereocenters. The van der Waals surface area contributed by atoms with Gasteiger partial charge in [-0.2, -0.15) is 8.42 Å². The van der Waals surface area contributed by atoms with Gasteiger partial charge in [0.1, 0.15) is 10.9 Å². The minimum Gasteiger partial charge on any atom is -0.366 e. The molecule has 0 bridgehead atoms. The molecule has 9 nitrogen and oxygen atoms in total. The third kappa shape index (κ3) is 4.09. The molecule has 34 heavy (non-hydrogen) atoms. The predicted octanol–water partition coefficient (Wildman–Crippen LogP) is 3.60. The maximum absolute atomic E-state index is 13.8. The summed E-state index contributed by atoms with van der Waals surface area (Å²) in [6, 6.07) is 8.16. The van der Waals surface area contributed by atoms with Crippen LogP contribution in [0.15, 0.2) is 55.1 Å². The zero-order valence-electron chi connectivity index (χ0n) is 18.4. The molecular weight excluding hydrogens is 456 g/mol. The van der Waals surface area contributed by atoms with E-state index < -0.39 is 27.1 Å². The number of carbonyl (C=O) groups is 2. The highest BCUT2D eigenvalue weighted by Gasteiger charge is 2.31. The highest BCUT2D eigenvalue weighted by Crippen LogP contribution is 2.34. The number of carbonyl (C=O) groups excluding carboxylic acids is 2. The number of pyridine rings is 2. The van der Waals surface area contributed by atoms with Crippen LogP contribution < -0.4 is 5.73 Å². The smallest absolute Gasteiger partial charge is 0.272 e. The average Bonchev–Trinajstić information content (AvgIpc) is 3.22. The first-order chi connectivity index (χ1) is 16.1. The summed E-state index contributed by atoms with van der Waals surface area (Å²) in [7, 11) is -4.52. The molecule has 0 spiro atoms. The fourth-order valence-electron chi connectivity index (χ4n) is 4.18. The third-order valence-corrected chi connectivity index (χ3v) is 7.14. The van der Waals surface area contributed by atoms with Gasteiger partial charge in [-0.25, -0.2) is 4.98 Å². The maximum Gasteiger partial charge on any atom is 0.272 e. The molecule has 0 radical (unpaired) electrons. The Kier molecular flexibility index (Phi) is 6.03. The van der Waals surface area contributed by atoms with Crippen LogP contribution in [0.3, 0.4) is 0 Å². The summed E-state index contributed by atoms with van der Waals surface area (Å²) in [5, 5.41) is -0.831. The lowest BCUT2D eigenvalue weighted by atomic mass is 9.88. The van der Waals surface area contributed by atoms with Gasteiger partial charge in [-0.15, -0.1) is 0 Å². The number of rotatable bonds is 7. The number of nitrogens with zero attached hydrogens (tertiary/aromatic N) is 2. The molecule has 3 aromatic heterocycles. The second-order valence-electron chi connectivity index (χ2n) is 7.87. The van der Waals surface area contributed by atoms with Crippen LogP contribution in [0.1, 0.15) is 56.0 Å². The van der Waals surface area contributed by atoms with E-state index in [9.17, 15) is 22.6 Å². The number of fused-ring (bicyclic) bond motifs is 1. The van der Waals surface area contributed by atoms with E-state index in [4.69, 9.17) is 5.73 Å². The van der Waals surface area contributed by atoms with E-state index in [2.05, 4.69) is 15.0 Å². The number of hydrogen-bond acceptors (Lipinski definition) is 6. The minimum absolute atomic E-state index is 0.00783. The van der Waals surface area contributed by atoms with Crippen molar-refractivity contribution >= 4 is 32.8 Å².